The van der Waals surface area contributed by atoms with Crippen molar-refractivity contribution in [3.05, 3.63) is 52.8 Å². The number of aryl methyl sites for hydroxylation is 1. The zero-order valence-corrected chi connectivity index (χ0v) is 19.2. The van der Waals surface area contributed by atoms with Gasteiger partial charge in [-0.2, -0.15) is 5.26 Å². The first kappa shape index (κ1) is 22.7. The van der Waals surface area contributed by atoms with Crippen LogP contribution < -0.4 is 16.4 Å². The summed E-state index contributed by atoms with van der Waals surface area (Å²) in [6.45, 7) is 2.92. The number of carbonyl (C=O) groups is 2. The molecule has 1 atom stereocenters. The Hall–Kier alpha value is -3.52. The van der Waals surface area contributed by atoms with Crippen molar-refractivity contribution in [2.24, 2.45) is 5.73 Å². The Labute approximate surface area is 199 Å². The molecule has 3 aromatic rings. The third kappa shape index (κ3) is 5.12. The van der Waals surface area contributed by atoms with Gasteiger partial charge in [0.1, 0.15) is 11.2 Å². The Bertz CT molecular complexity index is 1250. The van der Waals surface area contributed by atoms with Crippen LogP contribution in [0.15, 0.2) is 36.4 Å². The molecule has 0 aliphatic carbocycles. The van der Waals surface area contributed by atoms with Crippen LogP contribution in [-0.2, 0) is 4.79 Å². The van der Waals surface area contributed by atoms with Crippen LogP contribution in [0.1, 0.15) is 11.3 Å². The number of nitrogens with one attached hydrogen (secondary N) is 2. The largest absolute Gasteiger partial charge is 0.368 e. The quantitative estimate of drug-likeness (QED) is 0.490. The summed E-state index contributed by atoms with van der Waals surface area (Å²) in [6.07, 6.45) is 0. The lowest BCUT2D eigenvalue weighted by Gasteiger charge is -2.31. The monoisotopic (exact) mass is 481 g/mol. The highest BCUT2D eigenvalue weighted by Crippen LogP contribution is 2.40. The van der Waals surface area contributed by atoms with E-state index in [1.54, 1.807) is 24.3 Å². The van der Waals surface area contributed by atoms with E-state index in [1.165, 1.54) is 16.2 Å². The summed E-state index contributed by atoms with van der Waals surface area (Å²) in [6, 6.07) is 11.9. The van der Waals surface area contributed by atoms with Crippen molar-refractivity contribution < 1.29 is 9.59 Å². The van der Waals surface area contributed by atoms with Gasteiger partial charge in [-0.05, 0) is 36.8 Å². The summed E-state index contributed by atoms with van der Waals surface area (Å²) >= 11 is 7.48. The number of aromatic nitrogens is 2. The Morgan fingerprint density at radius 2 is 2.12 bits per heavy atom. The van der Waals surface area contributed by atoms with Crippen molar-refractivity contribution in [3.8, 4) is 27.8 Å². The zero-order valence-electron chi connectivity index (χ0n) is 17.6. The second-order valence-electron chi connectivity index (χ2n) is 7.49. The number of primary amides is 1. The van der Waals surface area contributed by atoms with Crippen molar-refractivity contribution in [1.29, 1.82) is 5.26 Å². The third-order valence-corrected chi connectivity index (χ3v) is 6.31. The number of halogens is 1. The summed E-state index contributed by atoms with van der Waals surface area (Å²) in [5.74, 6) is -0.506. The van der Waals surface area contributed by atoms with Crippen molar-refractivity contribution in [2.45, 2.75) is 13.0 Å². The van der Waals surface area contributed by atoms with Crippen LogP contribution in [0, 0.1) is 18.3 Å². The van der Waals surface area contributed by atoms with Crippen LogP contribution in [-0.4, -0.2) is 52.5 Å². The smallest absolute Gasteiger partial charge is 0.323 e. The summed E-state index contributed by atoms with van der Waals surface area (Å²) in [7, 11) is 0. The highest BCUT2D eigenvalue weighted by atomic mass is 35.5. The molecule has 1 aromatic carbocycles. The molecule has 168 valence electrons. The molecule has 1 fully saturated rings. The van der Waals surface area contributed by atoms with Crippen LogP contribution >= 0.6 is 22.9 Å². The number of urea groups is 1. The highest BCUT2D eigenvalue weighted by molar-refractivity contribution is 7.19. The zero-order chi connectivity index (χ0) is 23.5. The molecule has 11 heteroatoms. The fourth-order valence-corrected chi connectivity index (χ4v) is 4.77. The second kappa shape index (κ2) is 9.54. The van der Waals surface area contributed by atoms with E-state index in [9.17, 15) is 14.9 Å². The van der Waals surface area contributed by atoms with Crippen molar-refractivity contribution in [3.63, 3.8) is 0 Å². The Morgan fingerprint density at radius 1 is 1.30 bits per heavy atom. The summed E-state index contributed by atoms with van der Waals surface area (Å²) in [4.78, 5) is 35.5. The number of pyridine rings is 1. The molecule has 4 N–H and O–H groups in total. The predicted molar refractivity (Wildman–Crippen MR) is 127 cm³/mol. The van der Waals surface area contributed by atoms with Crippen molar-refractivity contribution in [2.75, 3.05) is 25.0 Å². The van der Waals surface area contributed by atoms with Gasteiger partial charge in [-0.25, -0.2) is 14.8 Å². The van der Waals surface area contributed by atoms with Gasteiger partial charge in [-0.3, -0.25) is 10.1 Å². The lowest BCUT2D eigenvalue weighted by atomic mass is 10.1. The number of nitriles is 1. The minimum atomic E-state index is -0.595. The SMILES string of the molecule is Cc1cc(-c2sc(NC(=O)N3CCN[C@H](C(N)=O)C3)nc2-c2cccc(C#N)c2)cc(Cl)n1. The number of nitrogens with zero attached hydrogens (tertiary/aromatic N) is 4. The maximum absolute atomic E-state index is 12.9. The van der Waals surface area contributed by atoms with Gasteiger partial charge in [0, 0.05) is 30.9 Å². The van der Waals surface area contributed by atoms with E-state index >= 15 is 0 Å². The molecule has 0 bridgehead atoms. The number of amides is 3. The number of nitrogens with two attached hydrogens (primary N) is 1. The number of hydrogen-bond acceptors (Lipinski definition) is 7. The van der Waals surface area contributed by atoms with Gasteiger partial charge in [0.25, 0.3) is 0 Å². The third-order valence-electron chi connectivity index (χ3n) is 5.10. The highest BCUT2D eigenvalue weighted by Gasteiger charge is 2.27. The van der Waals surface area contributed by atoms with Gasteiger partial charge < -0.3 is 16.0 Å². The Balaban J connectivity index is 1.69. The van der Waals surface area contributed by atoms with E-state index in [0.29, 0.717) is 34.6 Å². The fourth-order valence-electron chi connectivity index (χ4n) is 3.56. The average molecular weight is 482 g/mol. The number of carbonyl (C=O) groups excluding carboxylic acids is 2. The second-order valence-corrected chi connectivity index (χ2v) is 8.88. The number of rotatable bonds is 4. The molecular formula is C22H20ClN7O2S. The van der Waals surface area contributed by atoms with Gasteiger partial charge in [-0.15, -0.1) is 0 Å². The topological polar surface area (TPSA) is 137 Å². The number of anilines is 1. The first-order valence-electron chi connectivity index (χ1n) is 10.1. The van der Waals surface area contributed by atoms with Gasteiger partial charge in [0.05, 0.1) is 22.2 Å². The predicted octanol–water partition coefficient (Wildman–Crippen LogP) is 3.00. The lowest BCUT2D eigenvalue weighted by Crippen LogP contribution is -2.58. The molecule has 1 aliphatic rings. The molecule has 0 saturated carbocycles. The van der Waals surface area contributed by atoms with Gasteiger partial charge >= 0.3 is 6.03 Å². The molecule has 0 radical (unpaired) electrons. The molecular weight excluding hydrogens is 462 g/mol. The first-order chi connectivity index (χ1) is 15.8. The van der Waals surface area contributed by atoms with E-state index in [2.05, 4.69) is 26.7 Å². The molecule has 3 amide bonds. The van der Waals surface area contributed by atoms with Gasteiger partial charge in [-0.1, -0.05) is 35.1 Å². The Kier molecular flexibility index (Phi) is 6.55. The molecule has 3 heterocycles. The first-order valence-corrected chi connectivity index (χ1v) is 11.3. The standard InChI is InChI=1S/C22H20ClN7O2S/c1-12-7-15(9-17(23)27-12)19-18(14-4-2-3-13(8-14)10-24)28-21(33-19)29-22(32)30-6-5-26-16(11-30)20(25)31/h2-4,7-9,16,26H,5-6,11H2,1H3,(H2,25,31)(H,28,29,32)/t16-/m0/s1. The number of piperazine rings is 1. The van der Waals surface area contributed by atoms with Gasteiger partial charge in [0.2, 0.25) is 5.91 Å². The van der Waals surface area contributed by atoms with Crippen LogP contribution in [0.5, 0.6) is 0 Å². The fraction of sp³-hybridized carbons (Fsp3) is 0.227. The van der Waals surface area contributed by atoms with Crippen LogP contribution in [0.25, 0.3) is 21.7 Å². The van der Waals surface area contributed by atoms with E-state index in [1.807, 2.05) is 19.1 Å². The average Bonchev–Trinajstić information content (AvgIpc) is 3.22. The summed E-state index contributed by atoms with van der Waals surface area (Å²) in [5.41, 5.74) is 8.77. The molecule has 0 spiro atoms. The van der Waals surface area contributed by atoms with Crippen LogP contribution in [0.3, 0.4) is 0 Å². The van der Waals surface area contributed by atoms with Crippen molar-refractivity contribution in [1.82, 2.24) is 20.2 Å². The minimum absolute atomic E-state index is 0.176. The Morgan fingerprint density at radius 3 is 2.85 bits per heavy atom. The normalized spacial score (nSPS) is 15.7. The molecule has 0 unspecified atom stereocenters. The van der Waals surface area contributed by atoms with E-state index < -0.39 is 11.9 Å². The molecule has 4 rings (SSSR count). The number of thiazole rings is 1. The van der Waals surface area contributed by atoms with E-state index in [4.69, 9.17) is 17.3 Å². The summed E-state index contributed by atoms with van der Waals surface area (Å²) in [5, 5.41) is 15.9. The van der Waals surface area contributed by atoms with Crippen LogP contribution in [0.2, 0.25) is 5.15 Å². The molecule has 33 heavy (non-hydrogen) atoms. The molecule has 9 nitrogen and oxygen atoms in total. The maximum Gasteiger partial charge on any atom is 0.323 e. The molecule has 1 aliphatic heterocycles. The van der Waals surface area contributed by atoms with E-state index in [-0.39, 0.29) is 12.6 Å². The van der Waals surface area contributed by atoms with Crippen molar-refractivity contribution >= 4 is 40.0 Å². The van der Waals surface area contributed by atoms with Gasteiger partial charge in [0.15, 0.2) is 5.13 Å². The molecule has 1 saturated heterocycles. The number of hydrogen-bond donors (Lipinski definition) is 3. The minimum Gasteiger partial charge on any atom is -0.368 e. The maximum atomic E-state index is 12.9. The lowest BCUT2D eigenvalue weighted by molar-refractivity contribution is -0.120. The molecule has 2 aromatic heterocycles. The van der Waals surface area contributed by atoms with E-state index in [0.717, 1.165) is 21.7 Å². The number of benzene rings is 1. The van der Waals surface area contributed by atoms with Crippen LogP contribution in [0.4, 0.5) is 9.93 Å². The summed E-state index contributed by atoms with van der Waals surface area (Å²) < 4.78 is 0.